The second kappa shape index (κ2) is 6.80. The minimum absolute atomic E-state index is 0.206. The van der Waals surface area contributed by atoms with E-state index in [0.29, 0.717) is 24.1 Å². The van der Waals surface area contributed by atoms with Gasteiger partial charge in [-0.05, 0) is 54.8 Å². The van der Waals surface area contributed by atoms with Gasteiger partial charge in [-0.1, -0.05) is 15.9 Å². The molecule has 0 heterocycles. The van der Waals surface area contributed by atoms with Gasteiger partial charge in [0.15, 0.2) is 0 Å². The monoisotopic (exact) mass is 353 g/mol. The molecule has 110 valence electrons. The molecule has 0 saturated carbocycles. The third-order valence-corrected chi connectivity index (χ3v) is 3.93. The number of amides is 1. The molecule has 2 aromatic rings. The molecule has 21 heavy (non-hydrogen) atoms. The number of aryl methyl sites for hydroxylation is 1. The van der Waals surface area contributed by atoms with Gasteiger partial charge < -0.3 is 5.32 Å². The minimum Gasteiger partial charge on any atom is -0.352 e. The van der Waals surface area contributed by atoms with Gasteiger partial charge in [0, 0.05) is 22.6 Å². The molecule has 1 amide bonds. The summed E-state index contributed by atoms with van der Waals surface area (Å²) in [6.45, 7) is 2.22. The summed E-state index contributed by atoms with van der Waals surface area (Å²) in [5, 5.41) is 2.73. The number of hydrogen-bond donors (Lipinski definition) is 1. The average Bonchev–Trinajstić information content (AvgIpc) is 2.40. The van der Waals surface area contributed by atoms with Crippen molar-refractivity contribution in [3.63, 3.8) is 0 Å². The van der Waals surface area contributed by atoms with Crippen LogP contribution in [0.1, 0.15) is 21.5 Å². The molecule has 2 aromatic carbocycles. The maximum atomic E-state index is 13.0. The van der Waals surface area contributed by atoms with Gasteiger partial charge in [-0.2, -0.15) is 0 Å². The lowest BCUT2D eigenvalue weighted by Gasteiger charge is -2.07. The number of rotatable bonds is 4. The normalized spacial score (nSPS) is 10.5. The van der Waals surface area contributed by atoms with Crippen molar-refractivity contribution in [2.24, 2.45) is 0 Å². The lowest BCUT2D eigenvalue weighted by atomic mass is 10.1. The van der Waals surface area contributed by atoms with E-state index >= 15 is 0 Å². The Morgan fingerprint density at radius 2 is 1.81 bits per heavy atom. The zero-order chi connectivity index (χ0) is 15.4. The van der Waals surface area contributed by atoms with Crippen molar-refractivity contribution in [3.05, 3.63) is 69.2 Å². The summed E-state index contributed by atoms with van der Waals surface area (Å²) in [5.74, 6) is -1.43. The molecular weight excluding hydrogens is 340 g/mol. The second-order valence-corrected chi connectivity index (χ2v) is 5.60. The molecule has 0 aromatic heterocycles. The van der Waals surface area contributed by atoms with Crippen LogP contribution in [0.3, 0.4) is 0 Å². The van der Waals surface area contributed by atoms with Crippen molar-refractivity contribution in [1.82, 2.24) is 5.32 Å². The van der Waals surface area contributed by atoms with E-state index < -0.39 is 11.6 Å². The second-order valence-electron chi connectivity index (χ2n) is 4.75. The maximum absolute atomic E-state index is 13.0. The lowest BCUT2D eigenvalue weighted by Crippen LogP contribution is -2.25. The summed E-state index contributed by atoms with van der Waals surface area (Å²) >= 11 is 3.37. The van der Waals surface area contributed by atoms with Crippen LogP contribution in [0.2, 0.25) is 0 Å². The number of carbonyl (C=O) groups excluding carboxylic acids is 1. The summed E-state index contributed by atoms with van der Waals surface area (Å²) in [4.78, 5) is 12.0. The summed E-state index contributed by atoms with van der Waals surface area (Å²) in [6, 6.07) is 8.66. The summed E-state index contributed by atoms with van der Waals surface area (Å²) in [6.07, 6.45) is 0.371. The Balaban J connectivity index is 1.93. The van der Waals surface area contributed by atoms with Crippen LogP contribution in [0, 0.1) is 18.6 Å². The summed E-state index contributed by atoms with van der Waals surface area (Å²) in [7, 11) is 0. The van der Waals surface area contributed by atoms with Gasteiger partial charge in [0.05, 0.1) is 0 Å². The van der Waals surface area contributed by atoms with E-state index in [4.69, 9.17) is 0 Å². The number of carbonyl (C=O) groups is 1. The zero-order valence-electron chi connectivity index (χ0n) is 11.4. The fourth-order valence-electron chi connectivity index (χ4n) is 1.96. The van der Waals surface area contributed by atoms with Crippen LogP contribution in [-0.4, -0.2) is 12.5 Å². The molecule has 0 fully saturated rings. The van der Waals surface area contributed by atoms with Crippen molar-refractivity contribution in [2.75, 3.05) is 6.54 Å². The first-order valence-electron chi connectivity index (χ1n) is 6.45. The zero-order valence-corrected chi connectivity index (χ0v) is 13.0. The number of halogens is 3. The van der Waals surface area contributed by atoms with E-state index in [-0.39, 0.29) is 5.91 Å². The van der Waals surface area contributed by atoms with E-state index in [1.807, 2.05) is 13.0 Å². The Morgan fingerprint density at radius 1 is 1.14 bits per heavy atom. The van der Waals surface area contributed by atoms with E-state index in [1.54, 1.807) is 12.1 Å². The molecule has 0 atom stereocenters. The molecule has 0 spiro atoms. The molecule has 0 bridgehead atoms. The van der Waals surface area contributed by atoms with Gasteiger partial charge in [-0.3, -0.25) is 4.79 Å². The van der Waals surface area contributed by atoms with Gasteiger partial charge in [-0.15, -0.1) is 0 Å². The molecule has 0 unspecified atom stereocenters. The van der Waals surface area contributed by atoms with Gasteiger partial charge in [0.1, 0.15) is 11.6 Å². The highest BCUT2D eigenvalue weighted by Crippen LogP contribution is 2.17. The molecule has 0 radical (unpaired) electrons. The molecule has 1 N–H and O–H groups in total. The fraction of sp³-hybridized carbons (Fsp3) is 0.188. The van der Waals surface area contributed by atoms with Gasteiger partial charge >= 0.3 is 0 Å². The van der Waals surface area contributed by atoms with Crippen molar-refractivity contribution in [2.45, 2.75) is 13.3 Å². The van der Waals surface area contributed by atoms with Crippen molar-refractivity contribution < 1.29 is 13.6 Å². The van der Waals surface area contributed by atoms with E-state index in [9.17, 15) is 13.6 Å². The first kappa shape index (κ1) is 15.6. The first-order valence-corrected chi connectivity index (χ1v) is 7.24. The summed E-state index contributed by atoms with van der Waals surface area (Å²) < 4.78 is 27.0. The number of hydrogen-bond acceptors (Lipinski definition) is 1. The SMILES string of the molecule is Cc1cc(C(=O)NCCc2cc(F)cc(F)c2)ccc1Br. The molecule has 0 saturated heterocycles. The summed E-state index contributed by atoms with van der Waals surface area (Å²) in [5.41, 5.74) is 2.04. The highest BCUT2D eigenvalue weighted by Gasteiger charge is 2.07. The van der Waals surface area contributed by atoms with Crippen molar-refractivity contribution >= 4 is 21.8 Å². The van der Waals surface area contributed by atoms with Gasteiger partial charge in [-0.25, -0.2) is 8.78 Å². The fourth-order valence-corrected chi connectivity index (χ4v) is 2.21. The Kier molecular flexibility index (Phi) is 5.07. The van der Waals surface area contributed by atoms with Crippen LogP contribution < -0.4 is 5.32 Å². The predicted molar refractivity (Wildman–Crippen MR) is 81.3 cm³/mol. The molecule has 0 aliphatic heterocycles. The van der Waals surface area contributed by atoms with E-state index in [2.05, 4.69) is 21.2 Å². The van der Waals surface area contributed by atoms with Gasteiger partial charge in [0.25, 0.3) is 5.91 Å². The smallest absolute Gasteiger partial charge is 0.251 e. The van der Waals surface area contributed by atoms with Crippen LogP contribution >= 0.6 is 15.9 Å². The third-order valence-electron chi connectivity index (χ3n) is 3.04. The number of benzene rings is 2. The molecule has 0 aliphatic rings. The van der Waals surface area contributed by atoms with E-state index in [1.165, 1.54) is 12.1 Å². The Morgan fingerprint density at radius 3 is 2.43 bits per heavy atom. The minimum atomic E-state index is -0.611. The molecule has 0 aliphatic carbocycles. The van der Waals surface area contributed by atoms with Gasteiger partial charge in [0.2, 0.25) is 0 Å². The molecule has 2 nitrogen and oxygen atoms in total. The van der Waals surface area contributed by atoms with Crippen molar-refractivity contribution in [1.29, 1.82) is 0 Å². The lowest BCUT2D eigenvalue weighted by molar-refractivity contribution is 0.0954. The van der Waals surface area contributed by atoms with E-state index in [0.717, 1.165) is 16.1 Å². The van der Waals surface area contributed by atoms with Crippen LogP contribution in [0.15, 0.2) is 40.9 Å². The largest absolute Gasteiger partial charge is 0.352 e. The maximum Gasteiger partial charge on any atom is 0.251 e. The standard InChI is InChI=1S/C16H14BrF2NO/c1-10-6-12(2-3-15(10)17)16(21)20-5-4-11-7-13(18)9-14(19)8-11/h2-3,6-9H,4-5H2,1H3,(H,20,21). The predicted octanol–water partition coefficient (Wildman–Crippen LogP) is 4.01. The Hall–Kier alpha value is -1.75. The Labute approximate surface area is 130 Å². The van der Waals surface area contributed by atoms with Crippen LogP contribution in [0.25, 0.3) is 0 Å². The molecule has 5 heteroatoms. The van der Waals surface area contributed by atoms with Crippen molar-refractivity contribution in [3.8, 4) is 0 Å². The first-order chi connectivity index (χ1) is 9.95. The quantitative estimate of drug-likeness (QED) is 0.883. The Bertz CT molecular complexity index is 653. The number of nitrogens with one attached hydrogen (secondary N) is 1. The molecule has 2 rings (SSSR count). The highest BCUT2D eigenvalue weighted by atomic mass is 79.9. The molecular formula is C16H14BrF2NO. The van der Waals surface area contributed by atoms with Crippen LogP contribution in [0.5, 0.6) is 0 Å². The highest BCUT2D eigenvalue weighted by molar-refractivity contribution is 9.10. The third kappa shape index (κ3) is 4.36. The average molecular weight is 354 g/mol. The topological polar surface area (TPSA) is 29.1 Å². The van der Waals surface area contributed by atoms with Crippen LogP contribution in [-0.2, 0) is 6.42 Å². The van der Waals surface area contributed by atoms with Crippen LogP contribution in [0.4, 0.5) is 8.78 Å².